The lowest BCUT2D eigenvalue weighted by Crippen LogP contribution is -2.28. The Hall–Kier alpha value is -2.48. The van der Waals surface area contributed by atoms with Crippen molar-refractivity contribution in [1.29, 1.82) is 0 Å². The first-order chi connectivity index (χ1) is 13.5. The minimum Gasteiger partial charge on any atom is -0.495 e. The quantitative estimate of drug-likeness (QED) is 0.682. The SMILES string of the molecule is CCCCCc1nnc(NC(=O)C2CC(=O)N(c3cc(C)ccc3OC)C2)s1. The van der Waals surface area contributed by atoms with Gasteiger partial charge in [0.2, 0.25) is 16.9 Å². The normalized spacial score (nSPS) is 16.5. The number of benzene rings is 1. The van der Waals surface area contributed by atoms with Crippen molar-refractivity contribution in [2.75, 3.05) is 23.9 Å². The van der Waals surface area contributed by atoms with Gasteiger partial charge in [-0.05, 0) is 31.0 Å². The largest absolute Gasteiger partial charge is 0.495 e. The predicted octanol–water partition coefficient (Wildman–Crippen LogP) is 3.58. The molecule has 1 atom stereocenters. The number of rotatable bonds is 8. The molecule has 1 aliphatic rings. The molecule has 7 nitrogen and oxygen atoms in total. The highest BCUT2D eigenvalue weighted by Gasteiger charge is 2.36. The van der Waals surface area contributed by atoms with Gasteiger partial charge in [0, 0.05) is 19.4 Å². The first kappa shape index (κ1) is 20.3. The minimum atomic E-state index is -0.426. The Morgan fingerprint density at radius 3 is 2.93 bits per heavy atom. The number of carbonyl (C=O) groups excluding carboxylic acids is 2. The van der Waals surface area contributed by atoms with E-state index in [1.165, 1.54) is 11.3 Å². The van der Waals surface area contributed by atoms with Gasteiger partial charge in [-0.25, -0.2) is 0 Å². The third-order valence-electron chi connectivity index (χ3n) is 4.81. The van der Waals surface area contributed by atoms with Gasteiger partial charge in [0.1, 0.15) is 10.8 Å². The molecule has 28 heavy (non-hydrogen) atoms. The summed E-state index contributed by atoms with van der Waals surface area (Å²) in [5, 5.41) is 12.4. The molecule has 0 radical (unpaired) electrons. The maximum Gasteiger partial charge on any atom is 0.231 e. The topological polar surface area (TPSA) is 84.4 Å². The molecule has 1 N–H and O–H groups in total. The van der Waals surface area contributed by atoms with E-state index in [4.69, 9.17) is 4.74 Å². The van der Waals surface area contributed by atoms with E-state index >= 15 is 0 Å². The smallest absolute Gasteiger partial charge is 0.231 e. The van der Waals surface area contributed by atoms with Gasteiger partial charge in [-0.2, -0.15) is 0 Å². The van der Waals surface area contributed by atoms with Crippen LogP contribution in [0.5, 0.6) is 5.75 Å². The lowest BCUT2D eigenvalue weighted by atomic mass is 10.1. The predicted molar refractivity (Wildman–Crippen MR) is 110 cm³/mol. The number of aryl methyl sites for hydroxylation is 2. The number of carbonyl (C=O) groups is 2. The summed E-state index contributed by atoms with van der Waals surface area (Å²) in [6.07, 6.45) is 4.43. The first-order valence-electron chi connectivity index (χ1n) is 9.60. The highest BCUT2D eigenvalue weighted by molar-refractivity contribution is 7.15. The van der Waals surface area contributed by atoms with Crippen LogP contribution in [0, 0.1) is 12.8 Å². The Morgan fingerprint density at radius 1 is 1.36 bits per heavy atom. The Balaban J connectivity index is 1.63. The maximum absolute atomic E-state index is 12.6. The summed E-state index contributed by atoms with van der Waals surface area (Å²) in [5.41, 5.74) is 1.73. The fourth-order valence-electron chi connectivity index (χ4n) is 3.27. The highest BCUT2D eigenvalue weighted by Crippen LogP contribution is 2.34. The van der Waals surface area contributed by atoms with E-state index in [1.54, 1.807) is 12.0 Å². The zero-order chi connectivity index (χ0) is 20.1. The van der Waals surface area contributed by atoms with Crippen LogP contribution < -0.4 is 15.0 Å². The lowest BCUT2D eigenvalue weighted by molar-refractivity contribution is -0.122. The van der Waals surface area contributed by atoms with E-state index < -0.39 is 5.92 Å². The fraction of sp³-hybridized carbons (Fsp3) is 0.500. The molecule has 0 aliphatic carbocycles. The summed E-state index contributed by atoms with van der Waals surface area (Å²) in [4.78, 5) is 26.8. The molecule has 0 saturated carbocycles. The summed E-state index contributed by atoms with van der Waals surface area (Å²) in [6.45, 7) is 4.44. The Kier molecular flexibility index (Phi) is 6.61. The summed E-state index contributed by atoms with van der Waals surface area (Å²) >= 11 is 1.40. The standard InChI is InChI=1S/C20H26N4O3S/c1-4-5-6-7-17-22-23-20(28-17)21-19(26)14-11-18(25)24(12-14)15-10-13(2)8-9-16(15)27-3/h8-10,14H,4-7,11-12H2,1-3H3,(H,21,23,26). The van der Waals surface area contributed by atoms with E-state index in [2.05, 4.69) is 22.4 Å². The summed E-state index contributed by atoms with van der Waals surface area (Å²) in [7, 11) is 1.58. The summed E-state index contributed by atoms with van der Waals surface area (Å²) < 4.78 is 5.38. The zero-order valence-corrected chi connectivity index (χ0v) is 17.3. The van der Waals surface area contributed by atoms with E-state index in [0.29, 0.717) is 23.1 Å². The molecular formula is C20H26N4O3S. The number of anilines is 2. The minimum absolute atomic E-state index is 0.0819. The lowest BCUT2D eigenvalue weighted by Gasteiger charge is -2.20. The molecule has 1 unspecified atom stereocenters. The highest BCUT2D eigenvalue weighted by atomic mass is 32.1. The van der Waals surface area contributed by atoms with Crippen molar-refractivity contribution in [3.05, 3.63) is 28.8 Å². The van der Waals surface area contributed by atoms with Gasteiger partial charge in [-0.15, -0.1) is 10.2 Å². The van der Waals surface area contributed by atoms with Crippen LogP contribution in [0.25, 0.3) is 0 Å². The Bertz CT molecular complexity index is 852. The number of amides is 2. The van der Waals surface area contributed by atoms with Gasteiger partial charge in [0.25, 0.3) is 0 Å². The molecule has 1 aromatic carbocycles. The molecule has 2 amide bonds. The van der Waals surface area contributed by atoms with Crippen LogP contribution in [0.2, 0.25) is 0 Å². The van der Waals surface area contributed by atoms with E-state index in [1.807, 2.05) is 25.1 Å². The molecule has 2 aromatic rings. The third kappa shape index (κ3) is 4.67. The van der Waals surface area contributed by atoms with E-state index in [9.17, 15) is 9.59 Å². The number of aromatic nitrogens is 2. The molecule has 0 spiro atoms. The van der Waals surface area contributed by atoms with Crippen molar-refractivity contribution in [3.8, 4) is 5.75 Å². The summed E-state index contributed by atoms with van der Waals surface area (Å²) in [6, 6.07) is 5.68. The van der Waals surface area contributed by atoms with Crippen molar-refractivity contribution >= 4 is 34.0 Å². The molecule has 3 rings (SSSR count). The molecule has 0 bridgehead atoms. The molecule has 150 valence electrons. The fourth-order valence-corrected chi connectivity index (χ4v) is 4.05. The molecule has 1 aliphatic heterocycles. The summed E-state index contributed by atoms with van der Waals surface area (Å²) in [5.74, 6) is -0.0775. The van der Waals surface area contributed by atoms with Crippen LogP contribution in [0.15, 0.2) is 18.2 Å². The van der Waals surface area contributed by atoms with Crippen molar-refractivity contribution < 1.29 is 14.3 Å². The monoisotopic (exact) mass is 402 g/mol. The number of nitrogens with one attached hydrogen (secondary N) is 1. The van der Waals surface area contributed by atoms with Crippen molar-refractivity contribution in [3.63, 3.8) is 0 Å². The van der Waals surface area contributed by atoms with Gasteiger partial charge in [-0.1, -0.05) is 37.2 Å². The van der Waals surface area contributed by atoms with Crippen LogP contribution in [0.4, 0.5) is 10.8 Å². The van der Waals surface area contributed by atoms with Gasteiger partial charge in [0.05, 0.1) is 18.7 Å². The molecule has 8 heteroatoms. The van der Waals surface area contributed by atoms with Crippen molar-refractivity contribution in [1.82, 2.24) is 10.2 Å². The van der Waals surface area contributed by atoms with Crippen LogP contribution in [-0.2, 0) is 16.0 Å². The number of methoxy groups -OCH3 is 1. The first-order valence-corrected chi connectivity index (χ1v) is 10.4. The zero-order valence-electron chi connectivity index (χ0n) is 16.5. The third-order valence-corrected chi connectivity index (χ3v) is 5.71. The van der Waals surface area contributed by atoms with Gasteiger partial charge >= 0.3 is 0 Å². The number of unbranched alkanes of at least 4 members (excludes halogenated alkanes) is 2. The van der Waals surface area contributed by atoms with E-state index in [0.717, 1.165) is 36.3 Å². The number of hydrogen-bond acceptors (Lipinski definition) is 6. The molecule has 1 aromatic heterocycles. The van der Waals surface area contributed by atoms with Crippen LogP contribution >= 0.6 is 11.3 Å². The molecule has 2 heterocycles. The second kappa shape index (κ2) is 9.14. The van der Waals surface area contributed by atoms with Crippen molar-refractivity contribution in [2.24, 2.45) is 5.92 Å². The van der Waals surface area contributed by atoms with Crippen LogP contribution in [0.1, 0.15) is 43.2 Å². The molecule has 1 fully saturated rings. The maximum atomic E-state index is 12.6. The molecule has 1 saturated heterocycles. The number of ether oxygens (including phenoxy) is 1. The number of hydrogen-bond donors (Lipinski definition) is 1. The second-order valence-corrected chi connectivity index (χ2v) is 8.09. The molecular weight excluding hydrogens is 376 g/mol. The van der Waals surface area contributed by atoms with Crippen LogP contribution in [0.3, 0.4) is 0 Å². The average Bonchev–Trinajstić information content (AvgIpc) is 3.28. The Labute approximate surface area is 169 Å². The van der Waals surface area contributed by atoms with Crippen LogP contribution in [-0.4, -0.2) is 35.7 Å². The Morgan fingerprint density at radius 2 is 2.18 bits per heavy atom. The van der Waals surface area contributed by atoms with E-state index in [-0.39, 0.29) is 18.2 Å². The second-order valence-electron chi connectivity index (χ2n) is 7.03. The van der Waals surface area contributed by atoms with Gasteiger partial charge in [-0.3, -0.25) is 9.59 Å². The van der Waals surface area contributed by atoms with Gasteiger partial charge in [0.15, 0.2) is 0 Å². The number of nitrogens with zero attached hydrogens (tertiary/aromatic N) is 3. The average molecular weight is 403 g/mol. The van der Waals surface area contributed by atoms with Crippen molar-refractivity contribution in [2.45, 2.75) is 46.0 Å². The van der Waals surface area contributed by atoms with Gasteiger partial charge < -0.3 is 15.0 Å².